The molecule has 240 valence electrons. The molecule has 0 saturated carbocycles. The minimum absolute atomic E-state index is 0.0608. The van der Waals surface area contributed by atoms with E-state index in [0.717, 1.165) is 18.5 Å². The maximum atomic E-state index is 15.4. The van der Waals surface area contributed by atoms with Crippen LogP contribution in [0.4, 0.5) is 27.4 Å². The smallest absolute Gasteiger partial charge is 0.245 e. The van der Waals surface area contributed by atoms with Gasteiger partial charge in [0.15, 0.2) is 0 Å². The van der Waals surface area contributed by atoms with E-state index >= 15 is 4.39 Å². The average molecular weight is 630 g/mol. The summed E-state index contributed by atoms with van der Waals surface area (Å²) < 4.78 is 32.5. The number of likely N-dealkylation sites (tertiary alicyclic amines) is 1. The zero-order valence-corrected chi connectivity index (χ0v) is 25.5. The number of nitrogens with zero attached hydrogens (tertiary/aromatic N) is 5. The Morgan fingerprint density at radius 3 is 2.70 bits per heavy atom. The second-order valence-electron chi connectivity index (χ2n) is 11.1. The van der Waals surface area contributed by atoms with Crippen LogP contribution in [0.1, 0.15) is 12.8 Å². The van der Waals surface area contributed by atoms with Crippen molar-refractivity contribution in [2.24, 2.45) is 0 Å². The topological polar surface area (TPSA) is 134 Å². The summed E-state index contributed by atoms with van der Waals surface area (Å²) in [6, 6.07) is 11.9. The van der Waals surface area contributed by atoms with Gasteiger partial charge < -0.3 is 39.8 Å². The van der Waals surface area contributed by atoms with Crippen molar-refractivity contribution in [2.45, 2.75) is 25.0 Å². The van der Waals surface area contributed by atoms with Gasteiger partial charge in [-0.15, -0.1) is 0 Å². The average Bonchev–Trinajstić information content (AvgIpc) is 3.09. The van der Waals surface area contributed by atoms with Gasteiger partial charge in [0.05, 0.1) is 43.3 Å². The molecule has 46 heavy (non-hydrogen) atoms. The lowest BCUT2D eigenvalue weighted by molar-refractivity contribution is -0.126. The van der Waals surface area contributed by atoms with Gasteiger partial charge in [-0.25, -0.2) is 19.3 Å². The first-order valence-corrected chi connectivity index (χ1v) is 15.1. The number of carbonyl (C=O) groups is 1. The highest BCUT2D eigenvalue weighted by molar-refractivity contribution is 5.95. The van der Waals surface area contributed by atoms with Crippen molar-refractivity contribution in [2.75, 3.05) is 62.0 Å². The summed E-state index contributed by atoms with van der Waals surface area (Å²) in [6.07, 6.45) is 5.66. The molecule has 13 heteroatoms. The number of hydrogen-bond acceptors (Lipinski definition) is 11. The van der Waals surface area contributed by atoms with Gasteiger partial charge in [0.1, 0.15) is 41.0 Å². The molecule has 4 aromatic rings. The zero-order chi connectivity index (χ0) is 32.0. The van der Waals surface area contributed by atoms with E-state index in [4.69, 9.17) is 14.2 Å². The third kappa shape index (κ3) is 6.95. The van der Waals surface area contributed by atoms with Crippen LogP contribution in [-0.4, -0.2) is 89.5 Å². The van der Waals surface area contributed by atoms with Crippen LogP contribution in [0.15, 0.2) is 67.6 Å². The monoisotopic (exact) mass is 629 g/mol. The summed E-state index contributed by atoms with van der Waals surface area (Å²) in [4.78, 5) is 29.0. The van der Waals surface area contributed by atoms with Crippen LogP contribution in [0.2, 0.25) is 0 Å². The molecule has 2 aromatic carbocycles. The lowest BCUT2D eigenvalue weighted by Gasteiger charge is -2.32. The molecule has 2 saturated heterocycles. The summed E-state index contributed by atoms with van der Waals surface area (Å²) in [6.45, 7) is 6.42. The number of hydrogen-bond donors (Lipinski definition) is 3. The number of halogens is 1. The maximum absolute atomic E-state index is 15.4. The molecular formula is C33H36FN7O5. The number of ether oxygens (including phenoxy) is 3. The second kappa shape index (κ2) is 14.0. The number of carbonyl (C=O) groups excluding carboxylic acids is 1. The van der Waals surface area contributed by atoms with Crippen LogP contribution in [-0.2, 0) is 9.53 Å². The number of piperidine rings is 1. The van der Waals surface area contributed by atoms with Gasteiger partial charge in [0.25, 0.3) is 0 Å². The number of nitrogens with one attached hydrogen (secondary N) is 2. The van der Waals surface area contributed by atoms with Gasteiger partial charge in [-0.05, 0) is 43.2 Å². The predicted octanol–water partition coefficient (Wildman–Crippen LogP) is 4.49. The molecule has 12 nitrogen and oxygen atoms in total. The summed E-state index contributed by atoms with van der Waals surface area (Å²) in [5.41, 5.74) is 1.60. The normalized spacial score (nSPS) is 17.1. The molecule has 4 heterocycles. The van der Waals surface area contributed by atoms with E-state index < -0.39 is 5.82 Å². The van der Waals surface area contributed by atoms with Gasteiger partial charge in [-0.3, -0.25) is 4.79 Å². The number of aliphatic hydroxyl groups excluding tert-OH is 1. The highest BCUT2D eigenvalue weighted by Gasteiger charge is 2.23. The number of aromatic nitrogens is 3. The number of fused-ring (bicyclic) bond motifs is 1. The second-order valence-corrected chi connectivity index (χ2v) is 11.1. The molecule has 0 unspecified atom stereocenters. The molecule has 1 atom stereocenters. The number of anilines is 4. The number of pyridine rings is 1. The Balaban J connectivity index is 1.17. The quantitative estimate of drug-likeness (QED) is 0.214. The summed E-state index contributed by atoms with van der Waals surface area (Å²) >= 11 is 0. The van der Waals surface area contributed by atoms with Crippen molar-refractivity contribution < 1.29 is 28.5 Å². The molecule has 0 spiro atoms. The van der Waals surface area contributed by atoms with Crippen LogP contribution in [0, 0.1) is 5.82 Å². The van der Waals surface area contributed by atoms with Crippen molar-refractivity contribution in [1.82, 2.24) is 19.9 Å². The van der Waals surface area contributed by atoms with E-state index in [9.17, 15) is 9.90 Å². The number of amides is 1. The van der Waals surface area contributed by atoms with Gasteiger partial charge in [0, 0.05) is 62.0 Å². The van der Waals surface area contributed by atoms with Gasteiger partial charge in [-0.1, -0.05) is 6.58 Å². The van der Waals surface area contributed by atoms with Crippen LogP contribution in [0.5, 0.6) is 17.2 Å². The predicted molar refractivity (Wildman–Crippen MR) is 173 cm³/mol. The molecular weight excluding hydrogens is 593 g/mol. The van der Waals surface area contributed by atoms with Crippen LogP contribution < -0.4 is 25.0 Å². The Hall–Kier alpha value is -5.01. The Kier molecular flexibility index (Phi) is 9.41. The summed E-state index contributed by atoms with van der Waals surface area (Å²) in [5.74, 6) is 1.98. The summed E-state index contributed by atoms with van der Waals surface area (Å²) in [5, 5.41) is 16.8. The standard InChI is InChI=1S/C33H36FN7O5/c1-3-32(43)40-10-7-21(8-11-40)38-29-16-25-28(17-30(29)44-2)36-20-37-33(25)39-27-5-4-22(14-26(27)34)46-23-6-9-35-31(15-23)41-12-13-45-24(18-41)19-42/h3-6,9,14-17,20-21,24,38,42H,1,7-8,10-13,18-19H2,2H3,(H,36,37,39)/t24-/m0/s1. The molecule has 3 N–H and O–H groups in total. The number of rotatable bonds is 10. The highest BCUT2D eigenvalue weighted by Crippen LogP contribution is 2.35. The Labute approximate surface area is 265 Å². The first kappa shape index (κ1) is 31.0. The highest BCUT2D eigenvalue weighted by atomic mass is 19.1. The van der Waals surface area contributed by atoms with E-state index in [0.29, 0.717) is 72.6 Å². The maximum Gasteiger partial charge on any atom is 0.245 e. The van der Waals surface area contributed by atoms with E-state index in [-0.39, 0.29) is 30.3 Å². The molecule has 0 radical (unpaired) electrons. The van der Waals surface area contributed by atoms with Gasteiger partial charge in [0.2, 0.25) is 5.91 Å². The Bertz CT molecular complexity index is 1720. The molecule has 2 aromatic heterocycles. The largest absolute Gasteiger partial charge is 0.495 e. The van der Waals surface area contributed by atoms with Crippen molar-refractivity contribution in [3.8, 4) is 17.2 Å². The third-order valence-electron chi connectivity index (χ3n) is 8.11. The number of aliphatic hydroxyl groups is 1. The van der Waals surface area contributed by atoms with Crippen molar-refractivity contribution >= 4 is 39.8 Å². The van der Waals surface area contributed by atoms with E-state index in [1.807, 2.05) is 17.0 Å². The number of methoxy groups -OCH3 is 1. The molecule has 1 amide bonds. The van der Waals surface area contributed by atoms with Crippen molar-refractivity contribution in [1.29, 1.82) is 0 Å². The Morgan fingerprint density at radius 1 is 1.11 bits per heavy atom. The SMILES string of the molecule is C=CC(=O)N1CCC(Nc2cc3c(Nc4ccc(Oc5ccnc(N6CCO[C@H](CO)C6)c5)cc4F)ncnc3cc2OC)CC1. The van der Waals surface area contributed by atoms with Crippen LogP contribution in [0.3, 0.4) is 0 Å². The molecule has 2 fully saturated rings. The molecule has 2 aliphatic rings. The fourth-order valence-corrected chi connectivity index (χ4v) is 5.66. The fourth-order valence-electron chi connectivity index (χ4n) is 5.66. The molecule has 6 rings (SSSR count). The molecule has 2 aliphatic heterocycles. The van der Waals surface area contributed by atoms with Crippen molar-refractivity contribution in [3.63, 3.8) is 0 Å². The first-order chi connectivity index (χ1) is 22.4. The van der Waals surface area contributed by atoms with Crippen LogP contribution >= 0.6 is 0 Å². The number of benzene rings is 2. The van der Waals surface area contributed by atoms with Gasteiger partial charge >= 0.3 is 0 Å². The first-order valence-electron chi connectivity index (χ1n) is 15.1. The minimum Gasteiger partial charge on any atom is -0.495 e. The van der Waals surface area contributed by atoms with E-state index in [1.165, 1.54) is 18.5 Å². The fraction of sp³-hybridized carbons (Fsp3) is 0.333. The summed E-state index contributed by atoms with van der Waals surface area (Å²) in [7, 11) is 1.60. The third-order valence-corrected chi connectivity index (χ3v) is 8.11. The van der Waals surface area contributed by atoms with Gasteiger partial charge in [-0.2, -0.15) is 0 Å². The van der Waals surface area contributed by atoms with Crippen molar-refractivity contribution in [3.05, 3.63) is 73.5 Å². The Morgan fingerprint density at radius 2 is 1.93 bits per heavy atom. The molecule has 0 aliphatic carbocycles. The zero-order valence-electron chi connectivity index (χ0n) is 25.5. The lowest BCUT2D eigenvalue weighted by atomic mass is 10.0. The minimum atomic E-state index is -0.523. The molecule has 0 bridgehead atoms. The van der Waals surface area contributed by atoms with E-state index in [1.54, 1.807) is 42.5 Å². The van der Waals surface area contributed by atoms with Crippen LogP contribution in [0.25, 0.3) is 10.9 Å². The van der Waals surface area contributed by atoms with E-state index in [2.05, 4.69) is 32.2 Å². The lowest BCUT2D eigenvalue weighted by Crippen LogP contribution is -2.44. The number of morpholine rings is 1.